The van der Waals surface area contributed by atoms with E-state index < -0.39 is 0 Å². The van der Waals surface area contributed by atoms with E-state index in [9.17, 15) is 4.79 Å². The van der Waals surface area contributed by atoms with Crippen LogP contribution in [0, 0.1) is 0 Å². The van der Waals surface area contributed by atoms with Crippen molar-refractivity contribution in [2.45, 2.75) is 45.6 Å². The van der Waals surface area contributed by atoms with Gasteiger partial charge in [0, 0.05) is 24.4 Å². The van der Waals surface area contributed by atoms with Gasteiger partial charge in [-0.25, -0.2) is 4.98 Å². The quantitative estimate of drug-likeness (QED) is 0.856. The Labute approximate surface area is 118 Å². The van der Waals surface area contributed by atoms with Gasteiger partial charge in [-0.1, -0.05) is 20.8 Å². The lowest BCUT2D eigenvalue weighted by atomic mass is 10.0. The molecular weight excluding hydrogens is 260 g/mol. The normalized spacial score (nSPS) is 23.9. The molecule has 1 fully saturated rings. The summed E-state index contributed by atoms with van der Waals surface area (Å²) in [5.41, 5.74) is 0.360. The number of aromatic nitrogens is 1. The fourth-order valence-corrected chi connectivity index (χ4v) is 2.94. The highest BCUT2D eigenvalue weighted by Gasteiger charge is 2.33. The van der Waals surface area contributed by atoms with Gasteiger partial charge in [0.15, 0.2) is 0 Å². The van der Waals surface area contributed by atoms with E-state index in [0.717, 1.165) is 11.4 Å². The molecule has 106 valence electrons. The highest BCUT2D eigenvalue weighted by atomic mass is 32.1. The molecule has 1 unspecified atom stereocenters. The molecular formula is C14H22N2O2S. The van der Waals surface area contributed by atoms with Crippen LogP contribution in [0.1, 0.15) is 55.5 Å². The summed E-state index contributed by atoms with van der Waals surface area (Å²) in [4.78, 5) is 18.8. The highest BCUT2D eigenvalue weighted by molar-refractivity contribution is 7.09. The number of carbonyl (C=O) groups excluding carboxylic acids is 1. The molecule has 5 heteroatoms. The summed E-state index contributed by atoms with van der Waals surface area (Å²) in [6, 6.07) is 0. The highest BCUT2D eigenvalue weighted by Crippen LogP contribution is 2.24. The average Bonchev–Trinajstić information content (AvgIpc) is 2.87. The average molecular weight is 282 g/mol. The number of ether oxygens (including phenoxy) is 1. The van der Waals surface area contributed by atoms with Crippen LogP contribution in [-0.2, 0) is 4.74 Å². The van der Waals surface area contributed by atoms with Crippen molar-refractivity contribution >= 4 is 17.2 Å². The third-order valence-electron chi connectivity index (χ3n) is 3.61. The van der Waals surface area contributed by atoms with E-state index in [2.05, 4.69) is 32.7 Å². The van der Waals surface area contributed by atoms with Crippen molar-refractivity contribution < 1.29 is 9.53 Å². The van der Waals surface area contributed by atoms with E-state index in [1.54, 1.807) is 11.3 Å². The number of hydrogen-bond acceptors (Lipinski definition) is 4. The second-order valence-corrected chi connectivity index (χ2v) is 6.49. The lowest BCUT2D eigenvalue weighted by Crippen LogP contribution is -2.51. The predicted octanol–water partition coefficient (Wildman–Crippen LogP) is 2.91. The van der Waals surface area contributed by atoms with Gasteiger partial charge in [-0.05, 0) is 13.3 Å². The number of nitrogens with zero attached hydrogens (tertiary/aromatic N) is 2. The van der Waals surface area contributed by atoms with Crippen LogP contribution in [0.5, 0.6) is 0 Å². The van der Waals surface area contributed by atoms with Gasteiger partial charge in [0.1, 0.15) is 5.69 Å². The maximum Gasteiger partial charge on any atom is 0.273 e. The van der Waals surface area contributed by atoms with Gasteiger partial charge in [-0.2, -0.15) is 0 Å². The molecule has 2 heterocycles. The van der Waals surface area contributed by atoms with E-state index in [0.29, 0.717) is 31.3 Å². The first-order valence-corrected chi connectivity index (χ1v) is 7.72. The Morgan fingerprint density at radius 3 is 2.95 bits per heavy atom. The zero-order chi connectivity index (χ0) is 14.0. The molecule has 0 aliphatic carbocycles. The molecule has 0 N–H and O–H groups in total. The first-order valence-electron chi connectivity index (χ1n) is 6.84. The minimum atomic E-state index is -0.217. The standard InChI is InChI=1S/C14H22N2O2S/c1-5-14(4)9-16(6-7-18-14)13(17)11-8-19-12(15-11)10(2)3/h8,10H,5-7,9H2,1-4H3. The summed E-state index contributed by atoms with van der Waals surface area (Å²) in [5.74, 6) is 0.406. The van der Waals surface area contributed by atoms with Crippen molar-refractivity contribution in [2.75, 3.05) is 19.7 Å². The third-order valence-corrected chi connectivity index (χ3v) is 4.75. The van der Waals surface area contributed by atoms with Gasteiger partial charge in [-0.3, -0.25) is 4.79 Å². The number of morpholine rings is 1. The lowest BCUT2D eigenvalue weighted by molar-refractivity contribution is -0.0898. The SMILES string of the molecule is CCC1(C)CN(C(=O)c2csc(C(C)C)n2)CCO1. The minimum Gasteiger partial charge on any atom is -0.372 e. The summed E-state index contributed by atoms with van der Waals surface area (Å²) >= 11 is 1.57. The van der Waals surface area contributed by atoms with Crippen molar-refractivity contribution in [1.29, 1.82) is 0 Å². The van der Waals surface area contributed by atoms with Crippen LogP contribution in [-0.4, -0.2) is 41.1 Å². The summed E-state index contributed by atoms with van der Waals surface area (Å²) in [5, 5.41) is 2.89. The number of thiazole rings is 1. The van der Waals surface area contributed by atoms with Gasteiger partial charge in [-0.15, -0.1) is 11.3 Å². The van der Waals surface area contributed by atoms with E-state index in [-0.39, 0.29) is 11.5 Å². The van der Waals surface area contributed by atoms with Crippen LogP contribution in [0.2, 0.25) is 0 Å². The maximum absolute atomic E-state index is 12.5. The lowest BCUT2D eigenvalue weighted by Gasteiger charge is -2.39. The molecule has 0 aromatic carbocycles. The summed E-state index contributed by atoms with van der Waals surface area (Å²) in [6.45, 7) is 10.3. The van der Waals surface area contributed by atoms with Gasteiger partial charge in [0.25, 0.3) is 5.91 Å². The molecule has 1 atom stereocenters. The number of carbonyl (C=O) groups is 1. The molecule has 1 saturated heterocycles. The van der Waals surface area contributed by atoms with Crippen LogP contribution in [0.3, 0.4) is 0 Å². The van der Waals surface area contributed by atoms with Crippen LogP contribution >= 0.6 is 11.3 Å². The van der Waals surface area contributed by atoms with E-state index in [4.69, 9.17) is 4.74 Å². The second-order valence-electron chi connectivity index (χ2n) is 5.60. The van der Waals surface area contributed by atoms with E-state index >= 15 is 0 Å². The molecule has 19 heavy (non-hydrogen) atoms. The topological polar surface area (TPSA) is 42.4 Å². The fraction of sp³-hybridized carbons (Fsp3) is 0.714. The van der Waals surface area contributed by atoms with Crippen LogP contribution in [0.4, 0.5) is 0 Å². The Balaban J connectivity index is 2.10. The van der Waals surface area contributed by atoms with E-state index in [1.807, 2.05) is 10.3 Å². The van der Waals surface area contributed by atoms with Crippen molar-refractivity contribution in [3.05, 3.63) is 16.1 Å². The molecule has 0 radical (unpaired) electrons. The molecule has 1 amide bonds. The third kappa shape index (κ3) is 3.15. The van der Waals surface area contributed by atoms with Crippen molar-refractivity contribution in [1.82, 2.24) is 9.88 Å². The maximum atomic E-state index is 12.5. The zero-order valence-corrected chi connectivity index (χ0v) is 12.9. The minimum absolute atomic E-state index is 0.0334. The Morgan fingerprint density at radius 1 is 1.63 bits per heavy atom. The summed E-state index contributed by atoms with van der Waals surface area (Å²) in [6.07, 6.45) is 0.908. The number of rotatable bonds is 3. The Morgan fingerprint density at radius 2 is 2.37 bits per heavy atom. The Bertz CT molecular complexity index is 458. The zero-order valence-electron chi connectivity index (χ0n) is 12.1. The summed E-state index contributed by atoms with van der Waals surface area (Å²) < 4.78 is 5.76. The smallest absolute Gasteiger partial charge is 0.273 e. The monoisotopic (exact) mass is 282 g/mol. The molecule has 1 aromatic heterocycles. The first-order chi connectivity index (χ1) is 8.95. The largest absolute Gasteiger partial charge is 0.372 e. The molecule has 1 aliphatic rings. The van der Waals surface area contributed by atoms with Crippen LogP contribution < -0.4 is 0 Å². The molecule has 0 spiro atoms. The molecule has 4 nitrogen and oxygen atoms in total. The molecule has 2 rings (SSSR count). The Hall–Kier alpha value is -0.940. The molecule has 0 saturated carbocycles. The van der Waals surface area contributed by atoms with Gasteiger partial charge < -0.3 is 9.64 Å². The molecule has 1 aromatic rings. The fourth-order valence-electron chi connectivity index (χ4n) is 2.13. The predicted molar refractivity (Wildman–Crippen MR) is 76.8 cm³/mol. The number of amides is 1. The van der Waals surface area contributed by atoms with Crippen LogP contribution in [0.15, 0.2) is 5.38 Å². The van der Waals surface area contributed by atoms with Gasteiger partial charge in [0.2, 0.25) is 0 Å². The van der Waals surface area contributed by atoms with Crippen molar-refractivity contribution in [3.8, 4) is 0 Å². The Kier molecular flexibility index (Phi) is 4.26. The van der Waals surface area contributed by atoms with Crippen molar-refractivity contribution in [2.24, 2.45) is 0 Å². The van der Waals surface area contributed by atoms with Gasteiger partial charge >= 0.3 is 0 Å². The van der Waals surface area contributed by atoms with Crippen LogP contribution in [0.25, 0.3) is 0 Å². The molecule has 0 bridgehead atoms. The second kappa shape index (κ2) is 5.59. The first kappa shape index (κ1) is 14.5. The van der Waals surface area contributed by atoms with Gasteiger partial charge in [0.05, 0.1) is 17.2 Å². The van der Waals surface area contributed by atoms with E-state index in [1.165, 1.54) is 0 Å². The van der Waals surface area contributed by atoms with Crippen molar-refractivity contribution in [3.63, 3.8) is 0 Å². The number of hydrogen-bond donors (Lipinski definition) is 0. The summed E-state index contributed by atoms with van der Waals surface area (Å²) in [7, 11) is 0. The molecule has 1 aliphatic heterocycles.